The first-order chi connectivity index (χ1) is 5.71. The van der Waals surface area contributed by atoms with Crippen LogP contribution in [-0.2, 0) is 0 Å². The molecule has 0 spiro atoms. The Kier molecular flexibility index (Phi) is 4.69. The second-order valence-electron chi connectivity index (χ2n) is 5.96. The van der Waals surface area contributed by atoms with Crippen LogP contribution in [-0.4, -0.2) is 13.1 Å². The van der Waals surface area contributed by atoms with Crippen LogP contribution < -0.4 is 5.32 Å². The van der Waals surface area contributed by atoms with Crippen molar-refractivity contribution in [2.24, 2.45) is 10.8 Å². The monoisotopic (exact) mass is 183 g/mol. The lowest BCUT2D eigenvalue weighted by Crippen LogP contribution is -2.26. The molecule has 0 unspecified atom stereocenters. The minimum atomic E-state index is 0.309. The average Bonchev–Trinajstić information content (AvgIpc) is 1.81. The molecule has 1 heteroatoms. The third-order valence-corrected chi connectivity index (χ3v) is 1.54. The number of rotatable bonds is 3. The molecule has 78 valence electrons. The fourth-order valence-corrected chi connectivity index (χ4v) is 0.943. The molecule has 0 amide bonds. The van der Waals surface area contributed by atoms with Crippen LogP contribution in [0.3, 0.4) is 0 Å². The van der Waals surface area contributed by atoms with Gasteiger partial charge in [0.05, 0.1) is 0 Å². The van der Waals surface area contributed by atoms with Crippen LogP contribution >= 0.6 is 0 Å². The van der Waals surface area contributed by atoms with Gasteiger partial charge in [0.1, 0.15) is 0 Å². The molecular formula is C12H25N. The second-order valence-corrected chi connectivity index (χ2v) is 5.96. The molecule has 0 aromatic heterocycles. The van der Waals surface area contributed by atoms with Crippen LogP contribution in [0.1, 0.15) is 41.5 Å². The van der Waals surface area contributed by atoms with Gasteiger partial charge in [0.25, 0.3) is 0 Å². The van der Waals surface area contributed by atoms with Gasteiger partial charge in [-0.25, -0.2) is 0 Å². The van der Waals surface area contributed by atoms with Crippen molar-refractivity contribution in [3.05, 3.63) is 12.2 Å². The van der Waals surface area contributed by atoms with Crippen molar-refractivity contribution in [3.8, 4) is 0 Å². The predicted molar refractivity (Wildman–Crippen MR) is 60.9 cm³/mol. The van der Waals surface area contributed by atoms with Gasteiger partial charge >= 0.3 is 0 Å². The van der Waals surface area contributed by atoms with Crippen LogP contribution in [0.4, 0.5) is 0 Å². The minimum absolute atomic E-state index is 0.309. The van der Waals surface area contributed by atoms with Crippen molar-refractivity contribution in [2.75, 3.05) is 13.1 Å². The van der Waals surface area contributed by atoms with Crippen LogP contribution in [0.5, 0.6) is 0 Å². The zero-order valence-corrected chi connectivity index (χ0v) is 10.1. The highest BCUT2D eigenvalue weighted by atomic mass is 14.9. The lowest BCUT2D eigenvalue weighted by molar-refractivity contribution is 0.388. The molecule has 0 heterocycles. The molecule has 0 radical (unpaired) electrons. The molecule has 0 saturated heterocycles. The lowest BCUT2D eigenvalue weighted by atomic mass is 9.96. The topological polar surface area (TPSA) is 12.0 Å². The smallest absolute Gasteiger partial charge is 0.0135 e. The summed E-state index contributed by atoms with van der Waals surface area (Å²) in [7, 11) is 0. The van der Waals surface area contributed by atoms with E-state index in [0.717, 1.165) is 13.1 Å². The van der Waals surface area contributed by atoms with Crippen molar-refractivity contribution in [1.82, 2.24) is 5.32 Å². The molecule has 0 atom stereocenters. The van der Waals surface area contributed by atoms with E-state index in [1.807, 2.05) is 0 Å². The van der Waals surface area contributed by atoms with Crippen molar-refractivity contribution in [3.63, 3.8) is 0 Å². The molecule has 0 rings (SSSR count). The van der Waals surface area contributed by atoms with Gasteiger partial charge < -0.3 is 5.32 Å². The van der Waals surface area contributed by atoms with Gasteiger partial charge in [0.2, 0.25) is 0 Å². The third-order valence-electron chi connectivity index (χ3n) is 1.54. The van der Waals surface area contributed by atoms with Gasteiger partial charge in [-0.05, 0) is 10.8 Å². The normalized spacial score (nSPS) is 14.0. The maximum atomic E-state index is 3.41. The van der Waals surface area contributed by atoms with Crippen LogP contribution in [0.25, 0.3) is 0 Å². The van der Waals surface area contributed by atoms with Gasteiger partial charge in [-0.3, -0.25) is 0 Å². The zero-order chi connectivity index (χ0) is 10.5. The minimum Gasteiger partial charge on any atom is -0.313 e. The molecule has 0 aliphatic rings. The molecule has 0 aromatic rings. The van der Waals surface area contributed by atoms with Crippen LogP contribution in [0, 0.1) is 10.8 Å². The Labute approximate surface area is 83.6 Å². The van der Waals surface area contributed by atoms with Crippen molar-refractivity contribution < 1.29 is 0 Å². The summed E-state index contributed by atoms with van der Waals surface area (Å²) in [6.45, 7) is 15.4. The molecule has 0 aliphatic heterocycles. The molecule has 1 nitrogen and oxygen atoms in total. The van der Waals surface area contributed by atoms with Crippen molar-refractivity contribution in [1.29, 1.82) is 0 Å². The van der Waals surface area contributed by atoms with E-state index in [1.54, 1.807) is 0 Å². The Morgan fingerprint density at radius 1 is 1.00 bits per heavy atom. The molecule has 0 aromatic carbocycles. The predicted octanol–water partition coefficient (Wildman–Crippen LogP) is 3.22. The van der Waals surface area contributed by atoms with Crippen molar-refractivity contribution in [2.45, 2.75) is 41.5 Å². The molecular weight excluding hydrogens is 158 g/mol. The molecule has 0 aliphatic carbocycles. The summed E-state index contributed by atoms with van der Waals surface area (Å²) in [5.41, 5.74) is 0.693. The quantitative estimate of drug-likeness (QED) is 0.523. The van der Waals surface area contributed by atoms with Crippen LogP contribution in [0.2, 0.25) is 0 Å². The Morgan fingerprint density at radius 2 is 1.54 bits per heavy atom. The fraction of sp³-hybridized carbons (Fsp3) is 0.833. The van der Waals surface area contributed by atoms with Gasteiger partial charge in [-0.15, -0.1) is 0 Å². The SMILES string of the molecule is CC(C)(C)/C=C/CNCC(C)(C)C. The fourth-order valence-electron chi connectivity index (χ4n) is 0.943. The first-order valence-corrected chi connectivity index (χ1v) is 5.09. The molecule has 0 bridgehead atoms. The van der Waals surface area contributed by atoms with E-state index in [4.69, 9.17) is 0 Å². The highest BCUT2D eigenvalue weighted by molar-refractivity contribution is 4.93. The zero-order valence-electron chi connectivity index (χ0n) is 10.1. The highest BCUT2D eigenvalue weighted by Gasteiger charge is 2.08. The number of hydrogen-bond acceptors (Lipinski definition) is 1. The largest absolute Gasteiger partial charge is 0.313 e. The summed E-state index contributed by atoms with van der Waals surface area (Å²) < 4.78 is 0. The Hall–Kier alpha value is -0.300. The summed E-state index contributed by atoms with van der Waals surface area (Å²) in [6.07, 6.45) is 4.47. The average molecular weight is 183 g/mol. The number of hydrogen-bond donors (Lipinski definition) is 1. The second kappa shape index (κ2) is 4.80. The maximum absolute atomic E-state index is 3.41. The lowest BCUT2D eigenvalue weighted by Gasteiger charge is -2.18. The van der Waals surface area contributed by atoms with Gasteiger partial charge in [0, 0.05) is 13.1 Å². The van der Waals surface area contributed by atoms with E-state index >= 15 is 0 Å². The van der Waals surface area contributed by atoms with Crippen molar-refractivity contribution >= 4 is 0 Å². The summed E-state index contributed by atoms with van der Waals surface area (Å²) in [5.74, 6) is 0. The number of allylic oxidation sites excluding steroid dienone is 1. The molecule has 0 saturated carbocycles. The van der Waals surface area contributed by atoms with Gasteiger partial charge in [0.15, 0.2) is 0 Å². The maximum Gasteiger partial charge on any atom is 0.0135 e. The van der Waals surface area contributed by atoms with E-state index in [9.17, 15) is 0 Å². The third kappa shape index (κ3) is 11.7. The van der Waals surface area contributed by atoms with E-state index < -0.39 is 0 Å². The van der Waals surface area contributed by atoms with E-state index in [0.29, 0.717) is 10.8 Å². The Balaban J connectivity index is 3.53. The Bertz CT molecular complexity index is 155. The van der Waals surface area contributed by atoms with E-state index in [2.05, 4.69) is 59.0 Å². The Morgan fingerprint density at radius 3 is 1.92 bits per heavy atom. The number of nitrogens with one attached hydrogen (secondary N) is 1. The molecule has 13 heavy (non-hydrogen) atoms. The highest BCUT2D eigenvalue weighted by Crippen LogP contribution is 2.14. The summed E-state index contributed by atoms with van der Waals surface area (Å²) >= 11 is 0. The van der Waals surface area contributed by atoms with Gasteiger partial charge in [-0.2, -0.15) is 0 Å². The van der Waals surface area contributed by atoms with Crippen LogP contribution in [0.15, 0.2) is 12.2 Å². The standard InChI is InChI=1S/C12H25N/c1-11(2,3)8-7-9-13-10-12(4,5)6/h7-8,13H,9-10H2,1-6H3/b8-7+. The first-order valence-electron chi connectivity index (χ1n) is 5.09. The van der Waals surface area contributed by atoms with E-state index in [1.165, 1.54) is 0 Å². The summed E-state index contributed by atoms with van der Waals surface area (Å²) in [6, 6.07) is 0. The molecule has 1 N–H and O–H groups in total. The summed E-state index contributed by atoms with van der Waals surface area (Å²) in [5, 5.41) is 3.41. The van der Waals surface area contributed by atoms with Gasteiger partial charge in [-0.1, -0.05) is 53.7 Å². The summed E-state index contributed by atoms with van der Waals surface area (Å²) in [4.78, 5) is 0. The first kappa shape index (κ1) is 12.7. The molecule has 0 fully saturated rings. The van der Waals surface area contributed by atoms with E-state index in [-0.39, 0.29) is 0 Å².